The van der Waals surface area contributed by atoms with Crippen LogP contribution in [0.4, 0.5) is 10.5 Å². The average Bonchev–Trinajstić information content (AvgIpc) is 2.70. The smallest absolute Gasteiger partial charge is 0.339 e. The van der Waals surface area contributed by atoms with E-state index in [-0.39, 0.29) is 0 Å². The first-order valence-electron chi connectivity index (χ1n) is 9.25. The SMILES string of the molecule is Cc1cc(/C=N\NC(=O)Nc2ccc(Cl)cc2)cc(C)c1OCc1ccc(Cl)cc1. The molecule has 0 unspecified atom stereocenters. The third-order valence-electron chi connectivity index (χ3n) is 4.26. The minimum absolute atomic E-state index is 0.440. The second-order valence-electron chi connectivity index (χ2n) is 6.73. The number of hydrogen-bond acceptors (Lipinski definition) is 3. The molecule has 3 rings (SSSR count). The first-order valence-corrected chi connectivity index (χ1v) is 10.0. The summed E-state index contributed by atoms with van der Waals surface area (Å²) in [5, 5.41) is 7.98. The van der Waals surface area contributed by atoms with Gasteiger partial charge in [-0.3, -0.25) is 0 Å². The fourth-order valence-corrected chi connectivity index (χ4v) is 3.13. The Balaban J connectivity index is 1.57. The van der Waals surface area contributed by atoms with Gasteiger partial charge in [-0.25, -0.2) is 10.2 Å². The van der Waals surface area contributed by atoms with Crippen LogP contribution in [0.1, 0.15) is 22.3 Å². The van der Waals surface area contributed by atoms with Gasteiger partial charge < -0.3 is 10.1 Å². The number of hydrogen-bond donors (Lipinski definition) is 2. The minimum Gasteiger partial charge on any atom is -0.488 e. The maximum absolute atomic E-state index is 11.9. The molecule has 5 nitrogen and oxygen atoms in total. The molecule has 7 heteroatoms. The van der Waals surface area contributed by atoms with Crippen molar-refractivity contribution in [2.24, 2.45) is 5.10 Å². The first-order chi connectivity index (χ1) is 14.4. The molecule has 0 fully saturated rings. The summed E-state index contributed by atoms with van der Waals surface area (Å²) < 4.78 is 5.99. The molecular weight excluding hydrogens is 421 g/mol. The molecule has 0 bridgehead atoms. The number of rotatable bonds is 6. The number of nitrogens with zero attached hydrogens (tertiary/aromatic N) is 1. The molecule has 0 atom stereocenters. The summed E-state index contributed by atoms with van der Waals surface area (Å²) in [6.45, 7) is 4.41. The van der Waals surface area contributed by atoms with E-state index in [0.717, 1.165) is 28.0 Å². The molecule has 3 aromatic rings. The number of halogens is 2. The van der Waals surface area contributed by atoms with E-state index < -0.39 is 6.03 Å². The lowest BCUT2D eigenvalue weighted by molar-refractivity contribution is 0.252. The minimum atomic E-state index is -0.440. The largest absolute Gasteiger partial charge is 0.488 e. The third kappa shape index (κ3) is 6.24. The number of anilines is 1. The standard InChI is InChI=1S/C23H21Cl2N3O2/c1-15-11-18(13-26-28-23(29)27-21-9-7-20(25)8-10-21)12-16(2)22(15)30-14-17-3-5-19(24)6-4-17/h3-13H,14H2,1-2H3,(H2,27,28,29)/b26-13-. The van der Waals surface area contributed by atoms with Crippen molar-refractivity contribution >= 4 is 41.1 Å². The Morgan fingerprint density at radius 3 is 2.13 bits per heavy atom. The quantitative estimate of drug-likeness (QED) is 0.345. The van der Waals surface area contributed by atoms with Gasteiger partial charge in [0, 0.05) is 15.7 Å². The van der Waals surface area contributed by atoms with E-state index >= 15 is 0 Å². The molecular formula is C23H21Cl2N3O2. The van der Waals surface area contributed by atoms with Crippen LogP contribution in [0.2, 0.25) is 10.0 Å². The van der Waals surface area contributed by atoms with E-state index in [0.29, 0.717) is 22.3 Å². The number of carbonyl (C=O) groups is 1. The van der Waals surface area contributed by atoms with Crippen LogP contribution in [0.3, 0.4) is 0 Å². The summed E-state index contributed by atoms with van der Waals surface area (Å²) >= 11 is 11.7. The van der Waals surface area contributed by atoms with Crippen LogP contribution < -0.4 is 15.5 Å². The highest BCUT2D eigenvalue weighted by atomic mass is 35.5. The number of amides is 2. The Hall–Kier alpha value is -3.02. The van der Waals surface area contributed by atoms with Gasteiger partial charge in [-0.15, -0.1) is 0 Å². The third-order valence-corrected chi connectivity index (χ3v) is 4.76. The topological polar surface area (TPSA) is 62.7 Å². The van der Waals surface area contributed by atoms with Gasteiger partial charge in [-0.05, 0) is 84.6 Å². The normalized spacial score (nSPS) is 10.8. The summed E-state index contributed by atoms with van der Waals surface area (Å²) in [5.74, 6) is 0.829. The van der Waals surface area contributed by atoms with Crippen molar-refractivity contribution in [2.45, 2.75) is 20.5 Å². The van der Waals surface area contributed by atoms with E-state index in [9.17, 15) is 4.79 Å². The summed E-state index contributed by atoms with van der Waals surface area (Å²) in [5.41, 5.74) is 6.93. The number of benzene rings is 3. The van der Waals surface area contributed by atoms with Crippen molar-refractivity contribution < 1.29 is 9.53 Å². The zero-order valence-electron chi connectivity index (χ0n) is 16.6. The van der Waals surface area contributed by atoms with Gasteiger partial charge in [0.05, 0.1) is 6.21 Å². The Kier molecular flexibility index (Phi) is 7.33. The van der Waals surface area contributed by atoms with Crippen molar-refractivity contribution in [3.05, 3.63) is 93.0 Å². The van der Waals surface area contributed by atoms with Crippen molar-refractivity contribution in [2.75, 3.05) is 5.32 Å². The van der Waals surface area contributed by atoms with Crippen molar-refractivity contribution in [1.29, 1.82) is 0 Å². The summed E-state index contributed by atoms with van der Waals surface area (Å²) in [7, 11) is 0. The molecule has 30 heavy (non-hydrogen) atoms. The van der Waals surface area contributed by atoms with Gasteiger partial charge in [0.1, 0.15) is 12.4 Å². The molecule has 0 aliphatic carbocycles. The predicted molar refractivity (Wildman–Crippen MR) is 123 cm³/mol. The van der Waals surface area contributed by atoms with Gasteiger partial charge in [0.15, 0.2) is 0 Å². The molecule has 0 aromatic heterocycles. The van der Waals surface area contributed by atoms with E-state index in [1.54, 1.807) is 30.5 Å². The lowest BCUT2D eigenvalue weighted by atomic mass is 10.1. The molecule has 0 saturated heterocycles. The van der Waals surface area contributed by atoms with Crippen LogP contribution in [0.15, 0.2) is 65.8 Å². The molecule has 0 aliphatic heterocycles. The summed E-state index contributed by atoms with van der Waals surface area (Å²) in [4.78, 5) is 11.9. The zero-order valence-corrected chi connectivity index (χ0v) is 18.1. The monoisotopic (exact) mass is 441 g/mol. The number of ether oxygens (including phenoxy) is 1. The van der Waals surface area contributed by atoms with Crippen LogP contribution >= 0.6 is 23.2 Å². The van der Waals surface area contributed by atoms with Crippen LogP contribution in [-0.2, 0) is 6.61 Å². The van der Waals surface area contributed by atoms with Crippen LogP contribution in [0.25, 0.3) is 0 Å². The second-order valence-corrected chi connectivity index (χ2v) is 7.60. The second kappa shape index (κ2) is 10.1. The fraction of sp³-hybridized carbons (Fsp3) is 0.130. The molecule has 0 radical (unpaired) electrons. The van der Waals surface area contributed by atoms with E-state index in [4.69, 9.17) is 27.9 Å². The number of aryl methyl sites for hydroxylation is 2. The van der Waals surface area contributed by atoms with E-state index in [1.165, 1.54) is 0 Å². The first kappa shape index (κ1) is 21.7. The summed E-state index contributed by atoms with van der Waals surface area (Å²) in [6, 6.07) is 17.8. The predicted octanol–water partition coefficient (Wildman–Crippen LogP) is 6.34. The molecule has 2 amide bonds. The molecule has 154 valence electrons. The Bertz CT molecular complexity index is 1030. The Labute approximate surface area is 185 Å². The molecule has 2 N–H and O–H groups in total. The number of urea groups is 1. The number of nitrogens with one attached hydrogen (secondary N) is 2. The van der Waals surface area contributed by atoms with Gasteiger partial charge >= 0.3 is 6.03 Å². The average molecular weight is 442 g/mol. The molecule has 0 saturated carbocycles. The van der Waals surface area contributed by atoms with Crippen LogP contribution in [0.5, 0.6) is 5.75 Å². The van der Waals surface area contributed by atoms with Crippen LogP contribution in [0, 0.1) is 13.8 Å². The van der Waals surface area contributed by atoms with Crippen LogP contribution in [-0.4, -0.2) is 12.2 Å². The van der Waals surface area contributed by atoms with Crippen molar-refractivity contribution in [3.63, 3.8) is 0 Å². The lowest BCUT2D eigenvalue weighted by Crippen LogP contribution is -2.24. The Morgan fingerprint density at radius 1 is 0.967 bits per heavy atom. The highest BCUT2D eigenvalue weighted by Gasteiger charge is 2.07. The summed E-state index contributed by atoms with van der Waals surface area (Å²) in [6.07, 6.45) is 1.59. The maximum atomic E-state index is 11.9. The van der Waals surface area contributed by atoms with Gasteiger partial charge in [-0.1, -0.05) is 35.3 Å². The highest BCUT2D eigenvalue weighted by Crippen LogP contribution is 2.25. The van der Waals surface area contributed by atoms with Gasteiger partial charge in [0.2, 0.25) is 0 Å². The van der Waals surface area contributed by atoms with Crippen molar-refractivity contribution in [1.82, 2.24) is 5.43 Å². The highest BCUT2D eigenvalue weighted by molar-refractivity contribution is 6.30. The van der Waals surface area contributed by atoms with E-state index in [2.05, 4.69) is 15.8 Å². The van der Waals surface area contributed by atoms with E-state index in [1.807, 2.05) is 50.2 Å². The zero-order chi connectivity index (χ0) is 21.5. The van der Waals surface area contributed by atoms with Gasteiger partial charge in [0.25, 0.3) is 0 Å². The number of hydrazone groups is 1. The molecule has 3 aromatic carbocycles. The molecule has 0 heterocycles. The molecule has 0 aliphatic rings. The maximum Gasteiger partial charge on any atom is 0.339 e. The molecule has 0 spiro atoms. The number of carbonyl (C=O) groups excluding carboxylic acids is 1. The van der Waals surface area contributed by atoms with Gasteiger partial charge in [-0.2, -0.15) is 5.10 Å². The van der Waals surface area contributed by atoms with Crippen molar-refractivity contribution in [3.8, 4) is 5.75 Å². The fourth-order valence-electron chi connectivity index (χ4n) is 2.88. The lowest BCUT2D eigenvalue weighted by Gasteiger charge is -2.13. The Morgan fingerprint density at radius 2 is 1.53 bits per heavy atom.